The van der Waals surface area contributed by atoms with Crippen molar-refractivity contribution in [2.24, 2.45) is 0 Å². The molecule has 0 radical (unpaired) electrons. The first-order valence-electron chi connectivity index (χ1n) is 4.42. The van der Waals surface area contributed by atoms with Crippen LogP contribution in [0, 0.1) is 6.92 Å². The van der Waals surface area contributed by atoms with Gasteiger partial charge in [0.2, 0.25) is 5.89 Å². The highest BCUT2D eigenvalue weighted by atomic mass is 35.5. The van der Waals surface area contributed by atoms with Gasteiger partial charge in [-0.3, -0.25) is 0 Å². The average molecular weight is 275 g/mol. The third-order valence-electron chi connectivity index (χ3n) is 1.76. The first-order chi connectivity index (χ1) is 7.99. The second-order valence-electron chi connectivity index (χ2n) is 3.02. The Hall–Kier alpha value is -1.67. The fraction of sp³-hybridized carbons (Fsp3) is 0.125. The number of pyridine rings is 1. The second kappa shape index (κ2) is 4.30. The summed E-state index contributed by atoms with van der Waals surface area (Å²) in [7, 11) is -3.87. The van der Waals surface area contributed by atoms with Gasteiger partial charge in [-0.1, -0.05) is 16.7 Å². The summed E-state index contributed by atoms with van der Waals surface area (Å²) in [5.41, 5.74) is 0. The number of sulfonamides is 1. The number of aromatic nitrogens is 3. The van der Waals surface area contributed by atoms with E-state index in [2.05, 4.69) is 19.9 Å². The molecule has 2 rings (SSSR count). The third kappa shape index (κ3) is 2.53. The number of hydrogen-bond donors (Lipinski definition) is 1. The Labute approximate surface area is 102 Å². The molecule has 1 N–H and O–H groups in total. The lowest BCUT2D eigenvalue weighted by Crippen LogP contribution is -2.14. The zero-order valence-corrected chi connectivity index (χ0v) is 10.2. The molecule has 0 aliphatic heterocycles. The van der Waals surface area contributed by atoms with Crippen molar-refractivity contribution in [1.82, 2.24) is 15.2 Å². The van der Waals surface area contributed by atoms with E-state index in [9.17, 15) is 8.42 Å². The van der Waals surface area contributed by atoms with Crippen LogP contribution in [0.15, 0.2) is 27.6 Å². The molecule has 90 valence electrons. The van der Waals surface area contributed by atoms with Gasteiger partial charge in [-0.25, -0.2) is 18.1 Å². The number of nitrogens with one attached hydrogen (secondary N) is 1. The molecular weight excluding hydrogens is 268 g/mol. The van der Waals surface area contributed by atoms with Crippen molar-refractivity contribution in [3.63, 3.8) is 0 Å². The molecule has 0 aromatic carbocycles. The normalized spacial score (nSPS) is 11.4. The van der Waals surface area contributed by atoms with Gasteiger partial charge in [0, 0.05) is 13.1 Å². The molecule has 0 saturated carbocycles. The van der Waals surface area contributed by atoms with Crippen LogP contribution < -0.4 is 4.72 Å². The van der Waals surface area contributed by atoms with Crippen LogP contribution >= 0.6 is 11.6 Å². The topological polar surface area (TPSA) is 98.0 Å². The summed E-state index contributed by atoms with van der Waals surface area (Å²) in [6.07, 6.45) is 1.39. The van der Waals surface area contributed by atoms with Crippen molar-refractivity contribution >= 4 is 27.6 Å². The van der Waals surface area contributed by atoms with E-state index in [4.69, 9.17) is 16.0 Å². The highest BCUT2D eigenvalue weighted by molar-refractivity contribution is 7.92. The maximum absolute atomic E-state index is 11.9. The number of anilines is 1. The zero-order valence-electron chi connectivity index (χ0n) is 8.58. The van der Waals surface area contributed by atoms with Crippen LogP contribution in [0.2, 0.25) is 5.15 Å². The molecule has 2 aromatic rings. The molecular formula is C8H7ClN4O3S. The molecule has 0 bridgehead atoms. The van der Waals surface area contributed by atoms with E-state index in [0.29, 0.717) is 0 Å². The number of halogens is 1. The molecule has 0 fully saturated rings. The maximum Gasteiger partial charge on any atom is 0.329 e. The second-order valence-corrected chi connectivity index (χ2v) is 5.03. The minimum absolute atomic E-state index is 0.128. The SMILES string of the molecule is Cc1nnc(NS(=O)(=O)c2cccnc2Cl)o1. The molecule has 7 nitrogen and oxygen atoms in total. The lowest BCUT2D eigenvalue weighted by Gasteiger charge is -2.04. The molecule has 0 amide bonds. The van der Waals surface area contributed by atoms with Crippen LogP contribution in [-0.2, 0) is 10.0 Å². The van der Waals surface area contributed by atoms with Crippen molar-refractivity contribution < 1.29 is 12.8 Å². The van der Waals surface area contributed by atoms with Gasteiger partial charge < -0.3 is 4.42 Å². The Bertz CT molecular complexity index is 640. The quantitative estimate of drug-likeness (QED) is 0.845. The minimum atomic E-state index is -3.87. The fourth-order valence-electron chi connectivity index (χ4n) is 1.08. The van der Waals surface area contributed by atoms with Gasteiger partial charge in [-0.15, -0.1) is 5.10 Å². The smallest absolute Gasteiger partial charge is 0.329 e. The summed E-state index contributed by atoms with van der Waals surface area (Å²) in [4.78, 5) is 3.52. The van der Waals surface area contributed by atoms with Gasteiger partial charge in [0.1, 0.15) is 10.0 Å². The Morgan fingerprint density at radius 2 is 2.18 bits per heavy atom. The van der Waals surface area contributed by atoms with Crippen molar-refractivity contribution in [2.75, 3.05) is 4.72 Å². The van der Waals surface area contributed by atoms with Gasteiger partial charge >= 0.3 is 6.01 Å². The van der Waals surface area contributed by atoms with Crippen LogP contribution in [0.4, 0.5) is 6.01 Å². The Kier molecular flexibility index (Phi) is 2.99. The summed E-state index contributed by atoms with van der Waals surface area (Å²) in [5, 5.41) is 6.88. The zero-order chi connectivity index (χ0) is 12.5. The first kappa shape index (κ1) is 11.8. The van der Waals surface area contributed by atoms with Crippen LogP contribution in [0.1, 0.15) is 5.89 Å². The lowest BCUT2D eigenvalue weighted by molar-refractivity contribution is 0.534. The largest absolute Gasteiger partial charge is 0.408 e. The van der Waals surface area contributed by atoms with Crippen molar-refractivity contribution in [3.8, 4) is 0 Å². The van der Waals surface area contributed by atoms with Crippen LogP contribution in [0.5, 0.6) is 0 Å². The van der Waals surface area contributed by atoms with E-state index in [-0.39, 0.29) is 22.0 Å². The predicted octanol–water partition coefficient (Wildman–Crippen LogP) is 1.23. The van der Waals surface area contributed by atoms with E-state index >= 15 is 0 Å². The highest BCUT2D eigenvalue weighted by Crippen LogP contribution is 2.20. The van der Waals surface area contributed by atoms with Crippen LogP contribution in [-0.4, -0.2) is 23.6 Å². The molecule has 0 spiro atoms. The molecule has 0 saturated heterocycles. The Morgan fingerprint density at radius 3 is 2.76 bits per heavy atom. The molecule has 9 heteroatoms. The van der Waals surface area contributed by atoms with Gasteiger partial charge in [-0.2, -0.15) is 0 Å². The summed E-state index contributed by atoms with van der Waals surface area (Å²) >= 11 is 5.68. The first-order valence-corrected chi connectivity index (χ1v) is 6.28. The van der Waals surface area contributed by atoms with Gasteiger partial charge in [0.25, 0.3) is 10.0 Å². The number of aryl methyl sites for hydroxylation is 1. The highest BCUT2D eigenvalue weighted by Gasteiger charge is 2.20. The monoisotopic (exact) mass is 274 g/mol. The van der Waals surface area contributed by atoms with E-state index in [1.807, 2.05) is 0 Å². The molecule has 2 aromatic heterocycles. The van der Waals surface area contributed by atoms with Crippen LogP contribution in [0.3, 0.4) is 0 Å². The summed E-state index contributed by atoms with van der Waals surface area (Å²) in [6, 6.07) is 2.56. The number of rotatable bonds is 3. The molecule has 17 heavy (non-hydrogen) atoms. The molecule has 0 aliphatic carbocycles. The number of nitrogens with zero attached hydrogens (tertiary/aromatic N) is 3. The van der Waals surface area contributed by atoms with Crippen LogP contribution in [0.25, 0.3) is 0 Å². The summed E-state index contributed by atoms with van der Waals surface area (Å²) in [6.45, 7) is 1.54. The maximum atomic E-state index is 11.9. The minimum Gasteiger partial charge on any atom is -0.408 e. The fourth-order valence-corrected chi connectivity index (χ4v) is 2.46. The van der Waals surface area contributed by atoms with Gasteiger partial charge in [-0.05, 0) is 12.1 Å². The average Bonchev–Trinajstić information content (AvgIpc) is 2.63. The Morgan fingerprint density at radius 1 is 1.41 bits per heavy atom. The summed E-state index contributed by atoms with van der Waals surface area (Å²) in [5.74, 6) is 0.250. The van der Waals surface area contributed by atoms with E-state index < -0.39 is 10.0 Å². The van der Waals surface area contributed by atoms with Crippen molar-refractivity contribution in [1.29, 1.82) is 0 Å². The van der Waals surface area contributed by atoms with E-state index in [1.54, 1.807) is 6.92 Å². The predicted molar refractivity (Wildman–Crippen MR) is 59.1 cm³/mol. The summed E-state index contributed by atoms with van der Waals surface area (Å²) < 4.78 is 30.7. The van der Waals surface area contributed by atoms with Gasteiger partial charge in [0.15, 0.2) is 0 Å². The number of hydrogen-bond acceptors (Lipinski definition) is 6. The Balaban J connectivity index is 2.35. The van der Waals surface area contributed by atoms with Crippen molar-refractivity contribution in [2.45, 2.75) is 11.8 Å². The lowest BCUT2D eigenvalue weighted by atomic mass is 10.5. The molecule has 0 aliphatic rings. The van der Waals surface area contributed by atoms with Gasteiger partial charge in [0.05, 0.1) is 0 Å². The standard InChI is InChI=1S/C8H7ClN4O3S/c1-5-11-12-8(16-5)13-17(14,15)6-3-2-4-10-7(6)9/h2-4H,1H3,(H,12,13). The molecule has 2 heterocycles. The third-order valence-corrected chi connectivity index (χ3v) is 3.53. The molecule has 0 atom stereocenters. The van der Waals surface area contributed by atoms with E-state index in [0.717, 1.165) is 0 Å². The van der Waals surface area contributed by atoms with Crippen molar-refractivity contribution in [3.05, 3.63) is 29.4 Å². The van der Waals surface area contributed by atoms with E-state index in [1.165, 1.54) is 18.3 Å². The molecule has 0 unspecified atom stereocenters.